The van der Waals surface area contributed by atoms with E-state index in [0.29, 0.717) is 11.9 Å². The third-order valence-corrected chi connectivity index (χ3v) is 5.91. The van der Waals surface area contributed by atoms with Crippen LogP contribution in [0.3, 0.4) is 0 Å². The molecule has 0 bridgehead atoms. The maximum absolute atomic E-state index is 13.8. The van der Waals surface area contributed by atoms with E-state index in [-0.39, 0.29) is 17.6 Å². The smallest absolute Gasteiger partial charge is 0.353 e. The maximum Gasteiger partial charge on any atom is 0.421 e. The molecular weight excluding hydrogens is 485 g/mol. The molecule has 4 rings (SSSR count). The summed E-state index contributed by atoms with van der Waals surface area (Å²) < 4.78 is 64.5. The van der Waals surface area contributed by atoms with Crippen molar-refractivity contribution in [1.82, 2.24) is 25.3 Å². The molecule has 0 amide bonds. The molecule has 1 aromatic carbocycles. The molecule has 186 valence electrons. The zero-order valence-corrected chi connectivity index (χ0v) is 19.7. The Bertz CT molecular complexity index is 1330. The van der Waals surface area contributed by atoms with E-state index in [4.69, 9.17) is 0 Å². The van der Waals surface area contributed by atoms with E-state index < -0.39 is 33.3 Å². The zero-order valence-electron chi connectivity index (χ0n) is 18.9. The number of rotatable bonds is 7. The van der Waals surface area contributed by atoms with Crippen LogP contribution in [-0.4, -0.2) is 54.1 Å². The van der Waals surface area contributed by atoms with E-state index in [1.165, 1.54) is 19.4 Å². The second kappa shape index (κ2) is 9.62. The highest BCUT2D eigenvalue weighted by Crippen LogP contribution is 2.38. The lowest BCUT2D eigenvalue weighted by atomic mass is 10.0. The van der Waals surface area contributed by atoms with Crippen LogP contribution < -0.4 is 20.9 Å². The number of sulfone groups is 1. The minimum absolute atomic E-state index is 0.00929. The number of aromatic nitrogens is 4. The first kappa shape index (κ1) is 24.6. The standard InChI is InChI=1S/C21H23F3N8O2S/c1-32(19-17(26-7-8-27-19)29-12-35(2,33)34)18-16(21(22,23)24)11-28-20(31-18)30-15-4-3-14-10-25-6-5-13(14)9-15/h3-4,7-9,11,25H,5-6,10,12H2,1-2H3,(H,26,29)(H,28,30,31). The van der Waals surface area contributed by atoms with E-state index in [2.05, 4.69) is 35.9 Å². The van der Waals surface area contributed by atoms with Gasteiger partial charge in [-0.3, -0.25) is 0 Å². The SMILES string of the molecule is CN(c1nc(Nc2ccc3c(c2)CCNC3)ncc1C(F)(F)F)c1nccnc1NCS(C)(=O)=O. The number of halogens is 3. The summed E-state index contributed by atoms with van der Waals surface area (Å²) in [6, 6.07) is 5.68. The van der Waals surface area contributed by atoms with Gasteiger partial charge in [-0.1, -0.05) is 6.07 Å². The largest absolute Gasteiger partial charge is 0.421 e. The first-order valence-corrected chi connectivity index (χ1v) is 12.6. The molecule has 0 fully saturated rings. The van der Waals surface area contributed by atoms with Crippen LogP contribution >= 0.6 is 0 Å². The number of hydrogen-bond donors (Lipinski definition) is 3. The van der Waals surface area contributed by atoms with Crippen LogP contribution in [0.15, 0.2) is 36.8 Å². The Morgan fingerprint density at radius 2 is 1.89 bits per heavy atom. The molecule has 14 heteroatoms. The second-order valence-electron chi connectivity index (χ2n) is 8.00. The van der Waals surface area contributed by atoms with Crippen LogP contribution in [0.5, 0.6) is 0 Å². The summed E-state index contributed by atoms with van der Waals surface area (Å²) in [5.74, 6) is -1.02. The van der Waals surface area contributed by atoms with Crippen LogP contribution in [0.2, 0.25) is 0 Å². The Kier molecular flexibility index (Phi) is 6.76. The topological polar surface area (TPSA) is 125 Å². The van der Waals surface area contributed by atoms with Gasteiger partial charge < -0.3 is 20.9 Å². The molecule has 1 aliphatic rings. The van der Waals surface area contributed by atoms with E-state index in [0.717, 1.165) is 41.8 Å². The average molecular weight is 509 g/mol. The lowest BCUT2D eigenvalue weighted by Crippen LogP contribution is -2.23. The van der Waals surface area contributed by atoms with Crippen LogP contribution in [0.4, 0.5) is 42.3 Å². The number of nitrogens with zero attached hydrogens (tertiary/aromatic N) is 5. The number of nitrogens with one attached hydrogen (secondary N) is 3. The van der Waals surface area contributed by atoms with Crippen LogP contribution in [-0.2, 0) is 29.0 Å². The second-order valence-corrected chi connectivity index (χ2v) is 10.1. The van der Waals surface area contributed by atoms with Gasteiger partial charge in [0, 0.05) is 44.1 Å². The average Bonchev–Trinajstić information content (AvgIpc) is 2.81. The Morgan fingerprint density at radius 3 is 2.63 bits per heavy atom. The van der Waals surface area contributed by atoms with Gasteiger partial charge in [0.1, 0.15) is 11.4 Å². The molecule has 1 aliphatic heterocycles. The Labute approximate surface area is 200 Å². The minimum atomic E-state index is -4.75. The van der Waals surface area contributed by atoms with Crippen LogP contribution in [0.25, 0.3) is 0 Å². The number of hydrogen-bond acceptors (Lipinski definition) is 10. The minimum Gasteiger partial charge on any atom is -0.353 e. The van der Waals surface area contributed by atoms with E-state index >= 15 is 0 Å². The van der Waals surface area contributed by atoms with Gasteiger partial charge in [-0.25, -0.2) is 23.4 Å². The molecule has 3 aromatic rings. The van der Waals surface area contributed by atoms with E-state index in [1.54, 1.807) is 0 Å². The number of fused-ring (bicyclic) bond motifs is 1. The van der Waals surface area contributed by atoms with Gasteiger partial charge in [0.05, 0.1) is 0 Å². The molecule has 10 nitrogen and oxygen atoms in total. The Balaban J connectivity index is 1.69. The lowest BCUT2D eigenvalue weighted by molar-refractivity contribution is -0.137. The van der Waals surface area contributed by atoms with Crippen molar-refractivity contribution in [3.63, 3.8) is 0 Å². The first-order chi connectivity index (χ1) is 16.5. The zero-order chi connectivity index (χ0) is 25.2. The summed E-state index contributed by atoms with van der Waals surface area (Å²) in [7, 11) is -2.09. The quantitative estimate of drug-likeness (QED) is 0.439. The fourth-order valence-corrected chi connectivity index (χ4v) is 3.97. The molecule has 3 heterocycles. The molecule has 0 saturated heterocycles. The van der Waals surface area contributed by atoms with Gasteiger partial charge in [0.2, 0.25) is 5.95 Å². The molecule has 0 unspecified atom stereocenters. The van der Waals surface area contributed by atoms with Gasteiger partial charge >= 0.3 is 6.18 Å². The molecule has 35 heavy (non-hydrogen) atoms. The third-order valence-electron chi connectivity index (χ3n) is 5.24. The van der Waals surface area contributed by atoms with Crippen molar-refractivity contribution in [2.75, 3.05) is 41.3 Å². The Morgan fingerprint density at radius 1 is 1.11 bits per heavy atom. The maximum atomic E-state index is 13.8. The normalized spacial score (nSPS) is 13.7. The summed E-state index contributed by atoms with van der Waals surface area (Å²) in [6.45, 7) is 1.60. The summed E-state index contributed by atoms with van der Waals surface area (Å²) in [6.07, 6.45) is 0.384. The third kappa shape index (κ3) is 5.95. The van der Waals surface area contributed by atoms with Crippen molar-refractivity contribution in [3.8, 4) is 0 Å². The fraction of sp³-hybridized carbons (Fsp3) is 0.333. The van der Waals surface area contributed by atoms with Crippen LogP contribution in [0, 0.1) is 0 Å². The molecule has 0 radical (unpaired) electrons. The molecule has 2 aromatic heterocycles. The number of benzene rings is 1. The van der Waals surface area contributed by atoms with Crippen molar-refractivity contribution in [2.24, 2.45) is 0 Å². The number of alkyl halides is 3. The predicted octanol–water partition coefficient (Wildman–Crippen LogP) is 2.86. The summed E-state index contributed by atoms with van der Waals surface area (Å²) in [4.78, 5) is 17.2. The molecule has 0 atom stereocenters. The number of anilines is 5. The summed E-state index contributed by atoms with van der Waals surface area (Å²) in [5.41, 5.74) is 1.86. The molecule has 0 aliphatic carbocycles. The molecule has 0 spiro atoms. The van der Waals surface area contributed by atoms with Crippen LogP contribution in [0.1, 0.15) is 16.7 Å². The highest BCUT2D eigenvalue weighted by atomic mass is 32.2. The van der Waals surface area contributed by atoms with Crippen molar-refractivity contribution in [1.29, 1.82) is 0 Å². The fourth-order valence-electron chi connectivity index (χ4n) is 3.57. The summed E-state index contributed by atoms with van der Waals surface area (Å²) >= 11 is 0. The predicted molar refractivity (Wildman–Crippen MR) is 126 cm³/mol. The lowest BCUT2D eigenvalue weighted by Gasteiger charge is -2.23. The van der Waals surface area contributed by atoms with Crippen molar-refractivity contribution in [2.45, 2.75) is 19.1 Å². The first-order valence-electron chi connectivity index (χ1n) is 10.5. The van der Waals surface area contributed by atoms with Crippen molar-refractivity contribution >= 4 is 38.9 Å². The monoisotopic (exact) mass is 508 g/mol. The molecule has 3 N–H and O–H groups in total. The highest BCUT2D eigenvalue weighted by Gasteiger charge is 2.37. The Hall–Kier alpha value is -3.52. The summed E-state index contributed by atoms with van der Waals surface area (Å²) in [5, 5.41) is 8.85. The van der Waals surface area contributed by atoms with Gasteiger partial charge in [-0.15, -0.1) is 0 Å². The van der Waals surface area contributed by atoms with Gasteiger partial charge in [0.25, 0.3) is 0 Å². The molecule has 0 saturated carbocycles. The van der Waals surface area contributed by atoms with E-state index in [9.17, 15) is 21.6 Å². The van der Waals surface area contributed by atoms with Gasteiger partial charge in [-0.2, -0.15) is 18.2 Å². The molecular formula is C21H23F3N8O2S. The van der Waals surface area contributed by atoms with Gasteiger partial charge in [-0.05, 0) is 36.2 Å². The van der Waals surface area contributed by atoms with Gasteiger partial charge in [0.15, 0.2) is 27.3 Å². The highest BCUT2D eigenvalue weighted by molar-refractivity contribution is 7.90. The van der Waals surface area contributed by atoms with Crippen molar-refractivity contribution < 1.29 is 21.6 Å². The van der Waals surface area contributed by atoms with E-state index in [1.807, 2.05) is 18.2 Å². The van der Waals surface area contributed by atoms with Crippen molar-refractivity contribution in [3.05, 3.63) is 53.5 Å².